The lowest BCUT2D eigenvalue weighted by Gasteiger charge is -2.32. The Hall–Kier alpha value is -1.62. The summed E-state index contributed by atoms with van der Waals surface area (Å²) in [5.74, 6) is 1.66. The Morgan fingerprint density at radius 3 is 2.89 bits per heavy atom. The highest BCUT2D eigenvalue weighted by Crippen LogP contribution is 2.40. The van der Waals surface area contributed by atoms with Crippen molar-refractivity contribution >= 4 is 11.2 Å². The largest absolute Gasteiger partial charge is 0.480 e. The molecule has 19 heavy (non-hydrogen) atoms. The van der Waals surface area contributed by atoms with E-state index < -0.39 is 0 Å². The van der Waals surface area contributed by atoms with Gasteiger partial charge in [-0.05, 0) is 25.3 Å². The van der Waals surface area contributed by atoms with Crippen molar-refractivity contribution in [3.8, 4) is 5.88 Å². The van der Waals surface area contributed by atoms with Crippen molar-refractivity contribution in [2.75, 3.05) is 13.7 Å². The third kappa shape index (κ3) is 1.98. The molecule has 0 aromatic carbocycles. The minimum Gasteiger partial charge on any atom is -0.480 e. The number of rotatable bonds is 4. The number of ether oxygens (including phenoxy) is 1. The molecule has 0 spiro atoms. The molecule has 1 atom stereocenters. The Balaban J connectivity index is 2.07. The zero-order valence-electron chi connectivity index (χ0n) is 11.5. The van der Waals surface area contributed by atoms with E-state index in [1.165, 1.54) is 24.8 Å². The molecule has 1 saturated carbocycles. The van der Waals surface area contributed by atoms with E-state index in [2.05, 4.69) is 16.2 Å². The Bertz CT molecular complexity index is 588. The minimum atomic E-state index is 0.403. The Kier molecular flexibility index (Phi) is 3.14. The van der Waals surface area contributed by atoms with Gasteiger partial charge in [-0.2, -0.15) is 4.98 Å². The van der Waals surface area contributed by atoms with Gasteiger partial charge in [0.15, 0.2) is 5.65 Å². The molecule has 1 aliphatic carbocycles. The quantitative estimate of drug-likeness (QED) is 0.910. The second-order valence-corrected chi connectivity index (χ2v) is 5.31. The van der Waals surface area contributed by atoms with Gasteiger partial charge in [0.2, 0.25) is 5.88 Å². The lowest BCUT2D eigenvalue weighted by atomic mass is 9.73. The monoisotopic (exact) mass is 260 g/mol. The molecule has 2 heterocycles. The van der Waals surface area contributed by atoms with Crippen molar-refractivity contribution in [3.05, 3.63) is 18.0 Å². The Morgan fingerprint density at radius 1 is 1.53 bits per heavy atom. The van der Waals surface area contributed by atoms with E-state index in [9.17, 15) is 0 Å². The van der Waals surface area contributed by atoms with Gasteiger partial charge in [-0.25, -0.2) is 4.98 Å². The number of aromatic nitrogens is 3. The average molecular weight is 260 g/mol. The number of nitrogens with two attached hydrogens (primary N) is 1. The molecular formula is C14H20N4O. The highest BCUT2D eigenvalue weighted by atomic mass is 16.5. The molecular weight excluding hydrogens is 240 g/mol. The summed E-state index contributed by atoms with van der Waals surface area (Å²) in [5, 5.41) is 0. The SMILES string of the molecule is COc1cnc2c(C(CN)C3CCC3)cn(C)c2n1. The first-order chi connectivity index (χ1) is 9.24. The fourth-order valence-corrected chi connectivity index (χ4v) is 2.93. The van der Waals surface area contributed by atoms with Crippen LogP contribution >= 0.6 is 0 Å². The number of methoxy groups -OCH3 is 1. The highest BCUT2D eigenvalue weighted by Gasteiger charge is 2.30. The lowest BCUT2D eigenvalue weighted by molar-refractivity contribution is 0.265. The molecule has 1 fully saturated rings. The zero-order valence-corrected chi connectivity index (χ0v) is 11.5. The summed E-state index contributed by atoms with van der Waals surface area (Å²) in [6.07, 6.45) is 7.69. The number of fused-ring (bicyclic) bond motifs is 1. The molecule has 2 aromatic rings. The van der Waals surface area contributed by atoms with Crippen LogP contribution in [0.1, 0.15) is 30.7 Å². The van der Waals surface area contributed by atoms with Crippen LogP contribution in [-0.4, -0.2) is 28.2 Å². The molecule has 0 bridgehead atoms. The molecule has 2 aromatic heterocycles. The molecule has 1 unspecified atom stereocenters. The minimum absolute atomic E-state index is 0.403. The summed E-state index contributed by atoms with van der Waals surface area (Å²) in [7, 11) is 3.60. The van der Waals surface area contributed by atoms with Gasteiger partial charge in [-0.15, -0.1) is 0 Å². The lowest BCUT2D eigenvalue weighted by Crippen LogP contribution is -2.26. The predicted octanol–water partition coefficient (Wildman–Crippen LogP) is 1.82. The zero-order chi connectivity index (χ0) is 13.4. The van der Waals surface area contributed by atoms with Crippen LogP contribution in [0, 0.1) is 5.92 Å². The van der Waals surface area contributed by atoms with Crippen LogP contribution in [0.3, 0.4) is 0 Å². The molecule has 0 saturated heterocycles. The van der Waals surface area contributed by atoms with Crippen molar-refractivity contribution in [1.82, 2.24) is 14.5 Å². The van der Waals surface area contributed by atoms with Crippen molar-refractivity contribution in [3.63, 3.8) is 0 Å². The smallest absolute Gasteiger partial charge is 0.234 e. The van der Waals surface area contributed by atoms with Crippen LogP contribution in [-0.2, 0) is 7.05 Å². The van der Waals surface area contributed by atoms with E-state index in [4.69, 9.17) is 10.5 Å². The van der Waals surface area contributed by atoms with E-state index in [1.54, 1.807) is 13.3 Å². The maximum atomic E-state index is 5.99. The first-order valence-corrected chi connectivity index (χ1v) is 6.80. The van der Waals surface area contributed by atoms with Crippen molar-refractivity contribution in [2.24, 2.45) is 18.7 Å². The van der Waals surface area contributed by atoms with Crippen molar-refractivity contribution in [2.45, 2.75) is 25.2 Å². The molecule has 5 nitrogen and oxygen atoms in total. The van der Waals surface area contributed by atoms with E-state index >= 15 is 0 Å². The summed E-state index contributed by atoms with van der Waals surface area (Å²) in [6.45, 7) is 0.678. The normalized spacial score (nSPS) is 17.4. The predicted molar refractivity (Wildman–Crippen MR) is 74.2 cm³/mol. The topological polar surface area (TPSA) is 66.0 Å². The molecule has 3 rings (SSSR count). The Labute approximate surface area is 112 Å². The highest BCUT2D eigenvalue weighted by molar-refractivity contribution is 5.77. The van der Waals surface area contributed by atoms with Crippen molar-refractivity contribution in [1.29, 1.82) is 0 Å². The van der Waals surface area contributed by atoms with Gasteiger partial charge in [0.1, 0.15) is 5.52 Å². The van der Waals surface area contributed by atoms with Crippen LogP contribution < -0.4 is 10.5 Å². The van der Waals surface area contributed by atoms with Gasteiger partial charge < -0.3 is 15.0 Å². The van der Waals surface area contributed by atoms with Gasteiger partial charge in [0.05, 0.1) is 13.3 Å². The number of aryl methyl sites for hydroxylation is 1. The third-order valence-electron chi connectivity index (χ3n) is 4.25. The number of nitrogens with zero attached hydrogens (tertiary/aromatic N) is 3. The van der Waals surface area contributed by atoms with Gasteiger partial charge in [-0.3, -0.25) is 0 Å². The number of hydrogen-bond acceptors (Lipinski definition) is 4. The standard InChI is InChI=1S/C14H20N4O/c1-18-8-11(10(6-15)9-4-3-5-9)13-14(18)17-12(19-2)7-16-13/h7-10H,3-6,15H2,1-2H3. The Morgan fingerprint density at radius 2 is 2.32 bits per heavy atom. The van der Waals surface area contributed by atoms with Crippen molar-refractivity contribution < 1.29 is 4.74 Å². The summed E-state index contributed by atoms with van der Waals surface area (Å²) >= 11 is 0. The van der Waals surface area contributed by atoms with E-state index in [0.29, 0.717) is 24.3 Å². The molecule has 0 aliphatic heterocycles. The van der Waals surface area contributed by atoms with Gasteiger partial charge in [0.25, 0.3) is 0 Å². The molecule has 1 aliphatic rings. The fraction of sp³-hybridized carbons (Fsp3) is 0.571. The second-order valence-electron chi connectivity index (χ2n) is 5.31. The maximum Gasteiger partial charge on any atom is 0.234 e. The van der Waals surface area contributed by atoms with E-state index in [0.717, 1.165) is 11.2 Å². The van der Waals surface area contributed by atoms with Crippen LogP contribution in [0.25, 0.3) is 11.2 Å². The fourth-order valence-electron chi connectivity index (χ4n) is 2.93. The molecule has 0 amide bonds. The number of hydrogen-bond donors (Lipinski definition) is 1. The van der Waals surface area contributed by atoms with Gasteiger partial charge in [0, 0.05) is 24.7 Å². The van der Waals surface area contributed by atoms with Crippen LogP contribution in [0.2, 0.25) is 0 Å². The summed E-state index contributed by atoms with van der Waals surface area (Å²) in [4.78, 5) is 8.99. The molecule has 102 valence electrons. The first kappa shape index (κ1) is 12.4. The van der Waals surface area contributed by atoms with Gasteiger partial charge >= 0.3 is 0 Å². The van der Waals surface area contributed by atoms with E-state index in [1.807, 2.05) is 11.6 Å². The van der Waals surface area contributed by atoms with Crippen LogP contribution in [0.15, 0.2) is 12.4 Å². The average Bonchev–Trinajstić information content (AvgIpc) is 2.70. The van der Waals surface area contributed by atoms with Crippen LogP contribution in [0.5, 0.6) is 5.88 Å². The second kappa shape index (κ2) is 4.81. The first-order valence-electron chi connectivity index (χ1n) is 6.80. The third-order valence-corrected chi connectivity index (χ3v) is 4.25. The summed E-state index contributed by atoms with van der Waals surface area (Å²) in [6, 6.07) is 0. The van der Waals surface area contributed by atoms with Gasteiger partial charge in [-0.1, -0.05) is 6.42 Å². The van der Waals surface area contributed by atoms with Crippen LogP contribution in [0.4, 0.5) is 0 Å². The molecule has 5 heteroatoms. The maximum absolute atomic E-state index is 5.99. The molecule has 2 N–H and O–H groups in total. The summed E-state index contributed by atoms with van der Waals surface area (Å²) in [5.41, 5.74) is 9.06. The van der Waals surface area contributed by atoms with E-state index in [-0.39, 0.29) is 0 Å². The summed E-state index contributed by atoms with van der Waals surface area (Å²) < 4.78 is 7.16. The molecule has 0 radical (unpaired) electrons.